The largest absolute Gasteiger partial charge is 0.382 e. The second-order valence-corrected chi connectivity index (χ2v) is 4.91. The molecule has 12 heteroatoms. The predicted octanol–water partition coefficient (Wildman–Crippen LogP) is 2.71. The Bertz CT molecular complexity index is 911. The van der Waals surface area contributed by atoms with Crippen LogP contribution in [0.1, 0.15) is 10.4 Å². The molecular formula is C14H11N5O7. The molecule has 1 amide bonds. The molecule has 2 N–H and O–H groups in total. The average molecular weight is 361 g/mol. The van der Waals surface area contributed by atoms with E-state index in [0.29, 0.717) is 0 Å². The zero-order valence-corrected chi connectivity index (χ0v) is 13.2. The molecule has 26 heavy (non-hydrogen) atoms. The fourth-order valence-corrected chi connectivity index (χ4v) is 2.17. The number of nitrogens with one attached hydrogen (secondary N) is 2. The van der Waals surface area contributed by atoms with E-state index in [2.05, 4.69) is 10.6 Å². The van der Waals surface area contributed by atoms with Gasteiger partial charge in [0.05, 0.1) is 26.4 Å². The average Bonchev–Trinajstić information content (AvgIpc) is 2.60. The van der Waals surface area contributed by atoms with Gasteiger partial charge in [-0.1, -0.05) is 0 Å². The van der Waals surface area contributed by atoms with E-state index in [1.807, 2.05) is 0 Å². The van der Waals surface area contributed by atoms with E-state index < -0.39 is 32.1 Å². The van der Waals surface area contributed by atoms with Crippen LogP contribution in [0.5, 0.6) is 0 Å². The maximum Gasteiger partial charge on any atom is 0.300 e. The summed E-state index contributed by atoms with van der Waals surface area (Å²) in [6, 6.07) is 6.49. The summed E-state index contributed by atoms with van der Waals surface area (Å²) in [6.45, 7) is 0. The van der Waals surface area contributed by atoms with Gasteiger partial charge >= 0.3 is 0 Å². The summed E-state index contributed by atoms with van der Waals surface area (Å²) in [7, 11) is 1.33. The zero-order chi connectivity index (χ0) is 19.4. The van der Waals surface area contributed by atoms with Crippen molar-refractivity contribution in [2.24, 2.45) is 0 Å². The second-order valence-electron chi connectivity index (χ2n) is 4.91. The molecule has 0 unspecified atom stereocenters. The fourth-order valence-electron chi connectivity index (χ4n) is 2.17. The summed E-state index contributed by atoms with van der Waals surface area (Å²) in [5.41, 5.74) is -1.77. The molecule has 0 spiro atoms. The summed E-state index contributed by atoms with van der Waals surface area (Å²) < 4.78 is 0. The van der Waals surface area contributed by atoms with Gasteiger partial charge in [-0.2, -0.15) is 0 Å². The monoisotopic (exact) mass is 361 g/mol. The molecule has 0 aliphatic rings. The second kappa shape index (κ2) is 7.21. The standard InChI is InChI=1S/C14H11N5O7/c1-15-13-11(6-10(18(23)24)7-12(13)19(25)26)14(20)16-8-2-4-9(5-3-8)17(21)22/h2-7,15H,1H3,(H,16,20). The van der Waals surface area contributed by atoms with Gasteiger partial charge in [-0.15, -0.1) is 0 Å². The summed E-state index contributed by atoms with van der Waals surface area (Å²) >= 11 is 0. The van der Waals surface area contributed by atoms with E-state index in [9.17, 15) is 35.1 Å². The number of amides is 1. The van der Waals surface area contributed by atoms with Crippen LogP contribution in [0.2, 0.25) is 0 Å². The number of carbonyl (C=O) groups excluding carboxylic acids is 1. The highest BCUT2D eigenvalue weighted by Gasteiger charge is 2.27. The lowest BCUT2D eigenvalue weighted by molar-refractivity contribution is -0.393. The maximum atomic E-state index is 12.4. The third kappa shape index (κ3) is 3.69. The van der Waals surface area contributed by atoms with Crippen LogP contribution >= 0.6 is 0 Å². The maximum absolute atomic E-state index is 12.4. The number of benzene rings is 2. The molecule has 0 aromatic heterocycles. The van der Waals surface area contributed by atoms with Crippen LogP contribution in [0.15, 0.2) is 36.4 Å². The molecule has 0 aliphatic heterocycles. The van der Waals surface area contributed by atoms with Gasteiger partial charge in [0.1, 0.15) is 5.69 Å². The molecule has 0 radical (unpaired) electrons. The number of nitro groups is 3. The van der Waals surface area contributed by atoms with E-state index in [4.69, 9.17) is 0 Å². The molecule has 0 saturated heterocycles. The van der Waals surface area contributed by atoms with Gasteiger partial charge in [-0.05, 0) is 12.1 Å². The van der Waals surface area contributed by atoms with Crippen LogP contribution in [0.25, 0.3) is 0 Å². The van der Waals surface area contributed by atoms with Crippen molar-refractivity contribution in [3.05, 3.63) is 72.3 Å². The number of non-ortho nitro benzene ring substituents is 2. The topological polar surface area (TPSA) is 171 Å². The minimum atomic E-state index is -0.852. The van der Waals surface area contributed by atoms with Crippen molar-refractivity contribution < 1.29 is 19.6 Å². The summed E-state index contributed by atoms with van der Waals surface area (Å²) in [4.78, 5) is 42.9. The van der Waals surface area contributed by atoms with Crippen molar-refractivity contribution in [2.45, 2.75) is 0 Å². The molecule has 2 aromatic rings. The Balaban J connectivity index is 2.45. The zero-order valence-electron chi connectivity index (χ0n) is 13.2. The lowest BCUT2D eigenvalue weighted by atomic mass is 10.1. The first kappa shape index (κ1) is 18.3. The van der Waals surface area contributed by atoms with Crippen molar-refractivity contribution in [3.63, 3.8) is 0 Å². The lowest BCUT2D eigenvalue weighted by Gasteiger charge is -2.10. The van der Waals surface area contributed by atoms with Crippen molar-refractivity contribution in [1.82, 2.24) is 0 Å². The molecule has 2 rings (SSSR count). The molecule has 134 valence electrons. The van der Waals surface area contributed by atoms with Crippen LogP contribution in [-0.2, 0) is 0 Å². The first-order chi connectivity index (χ1) is 12.2. The number of anilines is 2. The third-order valence-corrected chi connectivity index (χ3v) is 3.34. The Labute approximate surface area is 144 Å². The van der Waals surface area contributed by atoms with Crippen LogP contribution in [0, 0.1) is 30.3 Å². The minimum Gasteiger partial charge on any atom is -0.382 e. The highest BCUT2D eigenvalue weighted by Crippen LogP contribution is 2.33. The molecule has 0 atom stereocenters. The van der Waals surface area contributed by atoms with Crippen molar-refractivity contribution in [2.75, 3.05) is 17.7 Å². The minimum absolute atomic E-state index is 0.178. The quantitative estimate of drug-likeness (QED) is 0.584. The van der Waals surface area contributed by atoms with Crippen LogP contribution in [-0.4, -0.2) is 27.7 Å². The van der Waals surface area contributed by atoms with E-state index in [1.165, 1.54) is 19.2 Å². The number of nitrogens with zero attached hydrogens (tertiary/aromatic N) is 3. The van der Waals surface area contributed by atoms with Crippen LogP contribution < -0.4 is 10.6 Å². The Morgan fingerprint density at radius 2 is 1.46 bits per heavy atom. The summed E-state index contributed by atoms with van der Waals surface area (Å²) in [6.07, 6.45) is 0. The molecule has 0 fully saturated rings. The van der Waals surface area contributed by atoms with Crippen molar-refractivity contribution >= 4 is 34.3 Å². The van der Waals surface area contributed by atoms with E-state index in [0.717, 1.165) is 24.3 Å². The normalized spacial score (nSPS) is 10.0. The SMILES string of the molecule is CNc1c(C(=O)Nc2ccc([N+](=O)[O-])cc2)cc([N+](=O)[O-])cc1[N+](=O)[O-]. The van der Waals surface area contributed by atoms with E-state index >= 15 is 0 Å². The number of hydrogen-bond acceptors (Lipinski definition) is 8. The number of carbonyl (C=O) groups is 1. The number of hydrogen-bond donors (Lipinski definition) is 2. The van der Waals surface area contributed by atoms with Crippen LogP contribution in [0.4, 0.5) is 28.4 Å². The Morgan fingerprint density at radius 3 is 1.92 bits per heavy atom. The van der Waals surface area contributed by atoms with Gasteiger partial charge in [0, 0.05) is 30.9 Å². The van der Waals surface area contributed by atoms with Gasteiger partial charge < -0.3 is 10.6 Å². The number of nitro benzene ring substituents is 3. The van der Waals surface area contributed by atoms with Gasteiger partial charge in [0.25, 0.3) is 23.0 Å². The van der Waals surface area contributed by atoms with Gasteiger partial charge in [-0.25, -0.2) is 0 Å². The number of rotatable bonds is 6. The molecule has 0 bridgehead atoms. The Kier molecular flexibility index (Phi) is 5.06. The first-order valence-electron chi connectivity index (χ1n) is 6.95. The molecule has 0 aliphatic carbocycles. The summed E-state index contributed by atoms with van der Waals surface area (Å²) in [5, 5.41) is 37.6. The van der Waals surface area contributed by atoms with Crippen molar-refractivity contribution in [1.29, 1.82) is 0 Å². The molecule has 0 heterocycles. The van der Waals surface area contributed by atoms with Gasteiger partial charge in [-0.3, -0.25) is 35.1 Å². The Hall–Kier alpha value is -4.09. The molecular weight excluding hydrogens is 350 g/mol. The van der Waals surface area contributed by atoms with E-state index in [1.54, 1.807) is 0 Å². The molecule has 0 saturated carbocycles. The molecule has 2 aromatic carbocycles. The Morgan fingerprint density at radius 1 is 0.885 bits per heavy atom. The third-order valence-electron chi connectivity index (χ3n) is 3.34. The molecule has 12 nitrogen and oxygen atoms in total. The smallest absolute Gasteiger partial charge is 0.300 e. The summed E-state index contributed by atoms with van der Waals surface area (Å²) in [5.74, 6) is -0.852. The van der Waals surface area contributed by atoms with E-state index in [-0.39, 0.29) is 22.6 Å². The van der Waals surface area contributed by atoms with Gasteiger partial charge in [0.2, 0.25) is 0 Å². The fraction of sp³-hybridized carbons (Fsp3) is 0.0714. The first-order valence-corrected chi connectivity index (χ1v) is 6.95. The highest BCUT2D eigenvalue weighted by molar-refractivity contribution is 6.10. The lowest BCUT2D eigenvalue weighted by Crippen LogP contribution is -2.15. The predicted molar refractivity (Wildman–Crippen MR) is 90.3 cm³/mol. The van der Waals surface area contributed by atoms with Crippen LogP contribution in [0.3, 0.4) is 0 Å². The van der Waals surface area contributed by atoms with Crippen molar-refractivity contribution in [3.8, 4) is 0 Å². The van der Waals surface area contributed by atoms with Gasteiger partial charge in [0.15, 0.2) is 0 Å². The highest BCUT2D eigenvalue weighted by atomic mass is 16.6.